The molecule has 0 unspecified atom stereocenters. The summed E-state index contributed by atoms with van der Waals surface area (Å²) in [6, 6.07) is 8.70. The number of hydrogen-bond acceptors (Lipinski definition) is 5. The van der Waals surface area contributed by atoms with Crippen LogP contribution in [-0.2, 0) is 0 Å². The van der Waals surface area contributed by atoms with Crippen molar-refractivity contribution in [2.45, 2.75) is 39.5 Å². The van der Waals surface area contributed by atoms with Gasteiger partial charge in [-0.2, -0.15) is 4.98 Å². The Morgan fingerprint density at radius 1 is 1.12 bits per heavy atom. The van der Waals surface area contributed by atoms with Crippen molar-refractivity contribution in [3.63, 3.8) is 0 Å². The molecule has 4 rings (SSSR count). The molecule has 0 radical (unpaired) electrons. The smallest absolute Gasteiger partial charge is 0.263 e. The lowest BCUT2D eigenvalue weighted by Crippen LogP contribution is -2.35. The molecule has 24 heavy (non-hydrogen) atoms. The molecule has 0 aliphatic carbocycles. The highest BCUT2D eigenvalue weighted by Crippen LogP contribution is 2.34. The van der Waals surface area contributed by atoms with Crippen molar-refractivity contribution in [2.24, 2.45) is 0 Å². The van der Waals surface area contributed by atoms with Gasteiger partial charge in [0.1, 0.15) is 17.0 Å². The molecule has 1 atom stereocenters. The highest BCUT2D eigenvalue weighted by atomic mass is 16.5. The maximum Gasteiger partial charge on any atom is 0.263 e. The van der Waals surface area contributed by atoms with Crippen molar-refractivity contribution in [2.75, 3.05) is 18.0 Å². The second-order valence-electron chi connectivity index (χ2n) is 6.68. The lowest BCUT2D eigenvalue weighted by Gasteiger charge is -2.34. The van der Waals surface area contributed by atoms with Gasteiger partial charge in [0.25, 0.3) is 5.71 Å². The molecule has 2 aromatic heterocycles. The summed E-state index contributed by atoms with van der Waals surface area (Å²) in [5, 5.41) is 5.03. The molecule has 3 aromatic rings. The number of rotatable bonds is 2. The van der Waals surface area contributed by atoms with Crippen LogP contribution in [0.15, 0.2) is 28.8 Å². The predicted molar refractivity (Wildman–Crippen MR) is 94.4 cm³/mol. The molecule has 1 aliphatic rings. The SMILES string of the molecule is Cc1nc(N2CCC[C@@H](c3ccccc3C)C2)c2c(C)noc2n1. The van der Waals surface area contributed by atoms with E-state index >= 15 is 0 Å². The van der Waals surface area contributed by atoms with Gasteiger partial charge in [-0.3, -0.25) is 0 Å². The Bertz CT molecular complexity index is 886. The van der Waals surface area contributed by atoms with Crippen molar-refractivity contribution in [3.8, 4) is 0 Å². The maximum atomic E-state index is 5.36. The normalized spacial score (nSPS) is 18.3. The first-order chi connectivity index (χ1) is 11.6. The summed E-state index contributed by atoms with van der Waals surface area (Å²) < 4.78 is 5.36. The number of nitrogens with zero attached hydrogens (tertiary/aromatic N) is 4. The first-order valence-electron chi connectivity index (χ1n) is 8.54. The number of fused-ring (bicyclic) bond motifs is 1. The van der Waals surface area contributed by atoms with E-state index in [1.165, 1.54) is 17.5 Å². The average Bonchev–Trinajstić information content (AvgIpc) is 2.95. The Kier molecular flexibility index (Phi) is 3.71. The molecule has 1 aliphatic heterocycles. The third kappa shape index (κ3) is 2.54. The van der Waals surface area contributed by atoms with E-state index in [9.17, 15) is 0 Å². The number of benzene rings is 1. The molecule has 3 heterocycles. The highest BCUT2D eigenvalue weighted by molar-refractivity contribution is 5.88. The molecule has 0 saturated carbocycles. The minimum Gasteiger partial charge on any atom is -0.355 e. The van der Waals surface area contributed by atoms with E-state index in [2.05, 4.69) is 46.2 Å². The molecular weight excluding hydrogens is 300 g/mol. The number of hydrogen-bond donors (Lipinski definition) is 0. The quantitative estimate of drug-likeness (QED) is 0.715. The van der Waals surface area contributed by atoms with Crippen molar-refractivity contribution in [1.29, 1.82) is 0 Å². The summed E-state index contributed by atoms with van der Waals surface area (Å²) in [5.41, 5.74) is 4.27. The number of piperidine rings is 1. The van der Waals surface area contributed by atoms with Crippen LogP contribution in [0.3, 0.4) is 0 Å². The van der Waals surface area contributed by atoms with Crippen LogP contribution < -0.4 is 4.90 Å². The van der Waals surface area contributed by atoms with Gasteiger partial charge in [-0.25, -0.2) is 4.98 Å². The molecule has 0 spiro atoms. The van der Waals surface area contributed by atoms with E-state index in [1.54, 1.807) is 0 Å². The van der Waals surface area contributed by atoms with E-state index in [4.69, 9.17) is 9.51 Å². The molecule has 1 aromatic carbocycles. The fourth-order valence-electron chi connectivity index (χ4n) is 3.77. The summed E-state index contributed by atoms with van der Waals surface area (Å²) in [7, 11) is 0. The van der Waals surface area contributed by atoms with Gasteiger partial charge < -0.3 is 9.42 Å². The van der Waals surface area contributed by atoms with Gasteiger partial charge in [0.05, 0.1) is 5.69 Å². The van der Waals surface area contributed by atoms with E-state index in [0.29, 0.717) is 11.6 Å². The zero-order valence-electron chi connectivity index (χ0n) is 14.4. The van der Waals surface area contributed by atoms with Gasteiger partial charge in [0.15, 0.2) is 0 Å². The Hall–Kier alpha value is -2.43. The van der Waals surface area contributed by atoms with Crippen molar-refractivity contribution >= 4 is 16.9 Å². The van der Waals surface area contributed by atoms with Gasteiger partial charge in [-0.15, -0.1) is 0 Å². The average molecular weight is 322 g/mol. The second kappa shape index (κ2) is 5.89. The van der Waals surface area contributed by atoms with Crippen LogP contribution in [0.2, 0.25) is 0 Å². The molecule has 1 saturated heterocycles. The van der Waals surface area contributed by atoms with Crippen LogP contribution in [0.5, 0.6) is 0 Å². The summed E-state index contributed by atoms with van der Waals surface area (Å²) in [5.74, 6) is 2.23. The Morgan fingerprint density at radius 2 is 1.96 bits per heavy atom. The molecule has 124 valence electrons. The molecule has 5 heteroatoms. The molecular formula is C19H22N4O. The highest BCUT2D eigenvalue weighted by Gasteiger charge is 2.26. The topological polar surface area (TPSA) is 55.1 Å². The molecule has 0 N–H and O–H groups in total. The van der Waals surface area contributed by atoms with Gasteiger partial charge in [0.2, 0.25) is 0 Å². The first kappa shape index (κ1) is 15.1. The number of aromatic nitrogens is 3. The number of anilines is 1. The Morgan fingerprint density at radius 3 is 2.79 bits per heavy atom. The van der Waals surface area contributed by atoms with Gasteiger partial charge in [-0.1, -0.05) is 29.4 Å². The molecule has 1 fully saturated rings. The Labute approximate surface area is 141 Å². The fraction of sp³-hybridized carbons (Fsp3) is 0.421. The van der Waals surface area contributed by atoms with Crippen molar-refractivity contribution in [3.05, 3.63) is 46.9 Å². The van der Waals surface area contributed by atoms with Crippen LogP contribution >= 0.6 is 0 Å². The van der Waals surface area contributed by atoms with E-state index in [0.717, 1.165) is 42.2 Å². The summed E-state index contributed by atoms with van der Waals surface area (Å²) in [6.45, 7) is 8.05. The van der Waals surface area contributed by atoms with E-state index < -0.39 is 0 Å². The summed E-state index contributed by atoms with van der Waals surface area (Å²) in [4.78, 5) is 11.5. The first-order valence-corrected chi connectivity index (χ1v) is 8.54. The molecule has 0 bridgehead atoms. The van der Waals surface area contributed by atoms with Gasteiger partial charge in [0, 0.05) is 19.0 Å². The van der Waals surface area contributed by atoms with Crippen molar-refractivity contribution < 1.29 is 4.52 Å². The fourth-order valence-corrected chi connectivity index (χ4v) is 3.77. The monoisotopic (exact) mass is 322 g/mol. The third-order valence-electron chi connectivity index (χ3n) is 4.95. The predicted octanol–water partition coefficient (Wildman–Crippen LogP) is 3.93. The van der Waals surface area contributed by atoms with Crippen LogP contribution in [0.4, 0.5) is 5.82 Å². The molecule has 5 nitrogen and oxygen atoms in total. The van der Waals surface area contributed by atoms with Crippen LogP contribution in [0.25, 0.3) is 11.1 Å². The largest absolute Gasteiger partial charge is 0.355 e. The van der Waals surface area contributed by atoms with Crippen LogP contribution in [-0.4, -0.2) is 28.2 Å². The Balaban J connectivity index is 1.72. The third-order valence-corrected chi connectivity index (χ3v) is 4.95. The van der Waals surface area contributed by atoms with Gasteiger partial charge >= 0.3 is 0 Å². The standard InChI is InChI=1S/C19H22N4O/c1-12-7-4-5-9-16(12)15-8-6-10-23(11-15)18-17-13(2)22-24-19(17)21-14(3)20-18/h4-5,7,9,15H,6,8,10-11H2,1-3H3/t15-/m1/s1. The van der Waals surface area contributed by atoms with Crippen LogP contribution in [0, 0.1) is 20.8 Å². The maximum absolute atomic E-state index is 5.36. The van der Waals surface area contributed by atoms with Crippen LogP contribution in [0.1, 0.15) is 41.4 Å². The summed E-state index contributed by atoms with van der Waals surface area (Å²) >= 11 is 0. The second-order valence-corrected chi connectivity index (χ2v) is 6.68. The minimum atomic E-state index is 0.533. The van der Waals surface area contributed by atoms with Gasteiger partial charge in [-0.05, 0) is 44.7 Å². The lowest BCUT2D eigenvalue weighted by atomic mass is 9.88. The minimum absolute atomic E-state index is 0.533. The van der Waals surface area contributed by atoms with E-state index in [1.807, 2.05) is 13.8 Å². The summed E-state index contributed by atoms with van der Waals surface area (Å²) in [6.07, 6.45) is 2.38. The van der Waals surface area contributed by atoms with E-state index in [-0.39, 0.29) is 0 Å². The molecule has 0 amide bonds. The number of aryl methyl sites for hydroxylation is 3. The zero-order valence-corrected chi connectivity index (χ0v) is 14.4. The lowest BCUT2D eigenvalue weighted by molar-refractivity contribution is 0.442. The zero-order chi connectivity index (χ0) is 16.7. The van der Waals surface area contributed by atoms with Crippen molar-refractivity contribution in [1.82, 2.24) is 15.1 Å².